The molecule has 0 saturated carbocycles. The Kier molecular flexibility index (Phi) is 6.01. The van der Waals surface area contributed by atoms with Gasteiger partial charge in [-0.15, -0.1) is 0 Å². The number of ether oxygens (including phenoxy) is 1. The molecule has 1 aromatic heterocycles. The Morgan fingerprint density at radius 2 is 2.04 bits per heavy atom. The van der Waals surface area contributed by atoms with Crippen LogP contribution in [0.5, 0.6) is 5.75 Å². The minimum Gasteiger partial charge on any atom is -0.492 e. The number of amides is 1. The fraction of sp³-hybridized carbons (Fsp3) is 0.333. The Morgan fingerprint density at radius 1 is 1.26 bits per heavy atom. The van der Waals surface area contributed by atoms with E-state index in [0.29, 0.717) is 19.7 Å². The fourth-order valence-electron chi connectivity index (χ4n) is 2.84. The number of nitrogens with one attached hydrogen (secondary N) is 1. The van der Waals surface area contributed by atoms with E-state index in [1.807, 2.05) is 63.2 Å². The molecule has 0 spiro atoms. The second-order valence-corrected chi connectivity index (χ2v) is 7.21. The first-order valence-corrected chi connectivity index (χ1v) is 9.44. The number of imidazole rings is 1. The lowest BCUT2D eigenvalue weighted by atomic mass is 10.2. The van der Waals surface area contributed by atoms with Gasteiger partial charge in [-0.2, -0.15) is 0 Å². The number of rotatable bonds is 7. The van der Waals surface area contributed by atoms with E-state index in [-0.39, 0.29) is 11.8 Å². The number of aromatic nitrogens is 2. The first kappa shape index (κ1) is 19.2. The third kappa shape index (κ3) is 4.61. The van der Waals surface area contributed by atoms with E-state index in [1.165, 1.54) is 0 Å². The van der Waals surface area contributed by atoms with Gasteiger partial charge in [0.1, 0.15) is 18.2 Å². The maximum absolute atomic E-state index is 11.9. The minimum atomic E-state index is -0.0562. The number of nitrogens with zero attached hydrogens (tertiary/aromatic N) is 2. The van der Waals surface area contributed by atoms with Crippen LogP contribution in [0, 0.1) is 12.8 Å². The molecule has 0 bridgehead atoms. The number of hydrogen-bond donors (Lipinski definition) is 1. The number of carbonyl (C=O) groups is 1. The molecule has 0 radical (unpaired) electrons. The molecule has 1 N–H and O–H groups in total. The van der Waals surface area contributed by atoms with E-state index < -0.39 is 0 Å². The second-order valence-electron chi connectivity index (χ2n) is 6.80. The van der Waals surface area contributed by atoms with Crippen LogP contribution in [0.3, 0.4) is 0 Å². The maximum atomic E-state index is 11.9. The highest BCUT2D eigenvalue weighted by Crippen LogP contribution is 2.21. The third-order valence-corrected chi connectivity index (χ3v) is 4.82. The molecule has 0 aliphatic carbocycles. The van der Waals surface area contributed by atoms with Gasteiger partial charge in [-0.1, -0.05) is 37.6 Å². The number of para-hydroxylation sites is 2. The third-order valence-electron chi connectivity index (χ3n) is 4.39. The van der Waals surface area contributed by atoms with E-state index in [2.05, 4.69) is 14.9 Å². The summed E-state index contributed by atoms with van der Waals surface area (Å²) in [4.78, 5) is 16.6. The van der Waals surface area contributed by atoms with E-state index in [0.717, 1.165) is 33.2 Å². The molecule has 0 aliphatic heterocycles. The highest BCUT2D eigenvalue weighted by molar-refractivity contribution is 6.31. The number of halogens is 1. The molecule has 0 aliphatic rings. The minimum absolute atomic E-state index is 0.0153. The molecular weight excluding hydrogens is 362 g/mol. The van der Waals surface area contributed by atoms with Gasteiger partial charge >= 0.3 is 0 Å². The van der Waals surface area contributed by atoms with Crippen molar-refractivity contribution in [2.24, 2.45) is 5.92 Å². The molecular formula is C21H24ClN3O2. The van der Waals surface area contributed by atoms with Gasteiger partial charge in [0.15, 0.2) is 0 Å². The van der Waals surface area contributed by atoms with E-state index in [4.69, 9.17) is 16.3 Å². The molecule has 27 heavy (non-hydrogen) atoms. The van der Waals surface area contributed by atoms with Crippen LogP contribution in [0.2, 0.25) is 5.02 Å². The van der Waals surface area contributed by atoms with Gasteiger partial charge in [0, 0.05) is 10.9 Å². The predicted molar refractivity (Wildman–Crippen MR) is 108 cm³/mol. The number of hydrogen-bond acceptors (Lipinski definition) is 3. The smallest absolute Gasteiger partial charge is 0.222 e. The maximum Gasteiger partial charge on any atom is 0.222 e. The molecule has 142 valence electrons. The van der Waals surface area contributed by atoms with Crippen molar-refractivity contribution in [2.75, 3.05) is 6.61 Å². The molecule has 2 aromatic carbocycles. The largest absolute Gasteiger partial charge is 0.492 e. The molecule has 0 unspecified atom stereocenters. The lowest BCUT2D eigenvalue weighted by Gasteiger charge is -2.12. The standard InChI is InChI=1S/C21H24ClN3O2/c1-14(2)21(26)23-13-20-24-18-6-4-5-7-19(18)25(20)10-11-27-16-8-9-17(22)15(3)12-16/h4-9,12,14H,10-11,13H2,1-3H3,(H,23,26). The molecule has 0 saturated heterocycles. The van der Waals surface area contributed by atoms with Crippen LogP contribution >= 0.6 is 11.6 Å². The van der Waals surface area contributed by atoms with Crippen molar-refractivity contribution in [3.05, 3.63) is 58.9 Å². The molecule has 0 atom stereocenters. The lowest BCUT2D eigenvalue weighted by Crippen LogP contribution is -2.28. The van der Waals surface area contributed by atoms with Gasteiger partial charge in [0.2, 0.25) is 5.91 Å². The van der Waals surface area contributed by atoms with Gasteiger partial charge in [0.05, 0.1) is 24.1 Å². The van der Waals surface area contributed by atoms with Crippen LogP contribution in [-0.2, 0) is 17.9 Å². The number of benzene rings is 2. The van der Waals surface area contributed by atoms with Crippen LogP contribution in [0.4, 0.5) is 0 Å². The van der Waals surface area contributed by atoms with E-state index in [9.17, 15) is 4.79 Å². The summed E-state index contributed by atoms with van der Waals surface area (Å²) in [6.45, 7) is 7.22. The summed E-state index contributed by atoms with van der Waals surface area (Å²) < 4.78 is 7.98. The molecule has 3 aromatic rings. The molecule has 1 amide bonds. The SMILES string of the molecule is Cc1cc(OCCn2c(CNC(=O)C(C)C)nc3ccccc32)ccc1Cl. The Labute approximate surface area is 164 Å². The number of fused-ring (bicyclic) bond motifs is 1. The molecule has 3 rings (SSSR count). The second kappa shape index (κ2) is 8.44. The molecule has 0 fully saturated rings. The summed E-state index contributed by atoms with van der Waals surface area (Å²) in [5.41, 5.74) is 2.93. The normalized spacial score (nSPS) is 11.1. The van der Waals surface area contributed by atoms with Gasteiger partial charge in [-0.3, -0.25) is 4.79 Å². The quantitative estimate of drug-likeness (QED) is 0.657. The van der Waals surface area contributed by atoms with Crippen LogP contribution in [-0.4, -0.2) is 22.1 Å². The first-order chi connectivity index (χ1) is 13.0. The fourth-order valence-corrected chi connectivity index (χ4v) is 2.96. The topological polar surface area (TPSA) is 56.1 Å². The van der Waals surface area contributed by atoms with Crippen molar-refractivity contribution < 1.29 is 9.53 Å². The Bertz CT molecular complexity index is 950. The summed E-state index contributed by atoms with van der Waals surface area (Å²) in [6, 6.07) is 13.6. The van der Waals surface area contributed by atoms with E-state index >= 15 is 0 Å². The highest BCUT2D eigenvalue weighted by Gasteiger charge is 2.13. The van der Waals surface area contributed by atoms with Crippen LogP contribution < -0.4 is 10.1 Å². The molecule has 1 heterocycles. The number of carbonyl (C=O) groups excluding carboxylic acids is 1. The molecule has 5 nitrogen and oxygen atoms in total. The van der Waals surface area contributed by atoms with Gasteiger partial charge in [-0.05, 0) is 42.8 Å². The van der Waals surface area contributed by atoms with Crippen LogP contribution in [0.25, 0.3) is 11.0 Å². The van der Waals surface area contributed by atoms with Crippen molar-refractivity contribution in [2.45, 2.75) is 33.9 Å². The summed E-state index contributed by atoms with van der Waals surface area (Å²) in [5.74, 6) is 1.57. The molecule has 6 heteroatoms. The van der Waals surface area contributed by atoms with Gasteiger partial charge in [0.25, 0.3) is 0 Å². The average molecular weight is 386 g/mol. The van der Waals surface area contributed by atoms with Gasteiger partial charge in [-0.25, -0.2) is 4.98 Å². The zero-order valence-electron chi connectivity index (χ0n) is 15.8. The van der Waals surface area contributed by atoms with Crippen LogP contribution in [0.15, 0.2) is 42.5 Å². The Hall–Kier alpha value is -2.53. The summed E-state index contributed by atoms with van der Waals surface area (Å²) >= 11 is 6.06. The lowest BCUT2D eigenvalue weighted by molar-refractivity contribution is -0.124. The van der Waals surface area contributed by atoms with Crippen LogP contribution in [0.1, 0.15) is 25.2 Å². The highest BCUT2D eigenvalue weighted by atomic mass is 35.5. The Balaban J connectivity index is 1.74. The first-order valence-electron chi connectivity index (χ1n) is 9.06. The van der Waals surface area contributed by atoms with Crippen molar-refractivity contribution >= 4 is 28.5 Å². The summed E-state index contributed by atoms with van der Waals surface area (Å²) in [6.07, 6.45) is 0. The zero-order chi connectivity index (χ0) is 19.4. The summed E-state index contributed by atoms with van der Waals surface area (Å²) in [7, 11) is 0. The monoisotopic (exact) mass is 385 g/mol. The van der Waals surface area contributed by atoms with Crippen molar-refractivity contribution in [3.63, 3.8) is 0 Å². The number of aryl methyl sites for hydroxylation is 1. The summed E-state index contributed by atoms with van der Waals surface area (Å²) in [5, 5.41) is 3.67. The predicted octanol–water partition coefficient (Wildman–Crippen LogP) is 4.35. The zero-order valence-corrected chi connectivity index (χ0v) is 16.6. The van der Waals surface area contributed by atoms with Gasteiger partial charge < -0.3 is 14.6 Å². The van der Waals surface area contributed by atoms with Crippen molar-refractivity contribution in [1.29, 1.82) is 0 Å². The van der Waals surface area contributed by atoms with E-state index in [1.54, 1.807) is 0 Å². The van der Waals surface area contributed by atoms with Crippen molar-refractivity contribution in [3.8, 4) is 5.75 Å². The van der Waals surface area contributed by atoms with Crippen molar-refractivity contribution in [1.82, 2.24) is 14.9 Å². The Morgan fingerprint density at radius 3 is 2.78 bits per heavy atom. The average Bonchev–Trinajstić information content (AvgIpc) is 3.00.